The molecule has 3 rings (SSSR count). The number of amides is 1. The van der Waals surface area contributed by atoms with Crippen LogP contribution in [-0.4, -0.2) is 22.8 Å². The molecule has 0 aliphatic heterocycles. The third-order valence-electron chi connectivity index (χ3n) is 4.04. The average Bonchev–Trinajstić information content (AvgIpc) is 3.08. The molecule has 0 radical (unpaired) electrons. The average molecular weight is 438 g/mol. The highest BCUT2D eigenvalue weighted by molar-refractivity contribution is 7.14. The molecule has 0 unspecified atom stereocenters. The number of halogens is 3. The molecule has 0 spiro atoms. The van der Waals surface area contributed by atoms with E-state index in [4.69, 9.17) is 23.2 Å². The first kappa shape index (κ1) is 20.7. The molecule has 1 amide bonds. The zero-order valence-corrected chi connectivity index (χ0v) is 17.7. The highest BCUT2D eigenvalue weighted by atomic mass is 35.5. The number of aromatic nitrogens is 1. The zero-order chi connectivity index (χ0) is 20.3. The van der Waals surface area contributed by atoms with E-state index in [1.807, 2.05) is 29.5 Å². The lowest BCUT2D eigenvalue weighted by molar-refractivity contribution is -0.115. The molecule has 0 aliphatic rings. The normalized spacial score (nSPS) is 11.1. The van der Waals surface area contributed by atoms with Crippen molar-refractivity contribution in [1.29, 1.82) is 0 Å². The molecule has 0 N–H and O–H groups in total. The summed E-state index contributed by atoms with van der Waals surface area (Å²) in [5, 5.41) is 3.35. The minimum absolute atomic E-state index is 0.190. The number of benzene rings is 2. The Morgan fingerprint density at radius 2 is 1.89 bits per heavy atom. The van der Waals surface area contributed by atoms with Crippen molar-refractivity contribution in [3.05, 3.63) is 75.0 Å². The summed E-state index contributed by atoms with van der Waals surface area (Å²) in [7, 11) is 1.94. The molecule has 146 valence electrons. The summed E-state index contributed by atoms with van der Waals surface area (Å²) in [6.45, 7) is 2.53. The van der Waals surface area contributed by atoms with Crippen LogP contribution in [0, 0.1) is 5.82 Å². The van der Waals surface area contributed by atoms with Crippen molar-refractivity contribution in [2.75, 3.05) is 11.9 Å². The van der Waals surface area contributed by atoms with Gasteiger partial charge < -0.3 is 0 Å². The summed E-state index contributed by atoms with van der Waals surface area (Å²) >= 11 is 13.6. The molecule has 1 heterocycles. The Hall–Kier alpha value is -1.99. The predicted octanol–water partition coefficient (Wildman–Crippen LogP) is 5.91. The summed E-state index contributed by atoms with van der Waals surface area (Å²) in [6.07, 6.45) is 0. The van der Waals surface area contributed by atoms with Crippen molar-refractivity contribution in [3.8, 4) is 0 Å². The smallest absolute Gasteiger partial charge is 0.230 e. The summed E-state index contributed by atoms with van der Waals surface area (Å²) in [4.78, 5) is 20.0. The fourth-order valence-electron chi connectivity index (χ4n) is 2.81. The van der Waals surface area contributed by atoms with Crippen LogP contribution >= 0.6 is 34.5 Å². The molecule has 0 aliphatic carbocycles. The quantitative estimate of drug-likeness (QED) is 0.481. The third kappa shape index (κ3) is 4.70. The fraction of sp³-hybridized carbons (Fsp3) is 0.200. The fourth-order valence-corrected chi connectivity index (χ4v) is 4.06. The molecule has 0 atom stereocenters. The molecule has 0 bridgehead atoms. The van der Waals surface area contributed by atoms with E-state index < -0.39 is 5.82 Å². The Kier molecular flexibility index (Phi) is 6.67. The Morgan fingerprint density at radius 3 is 2.61 bits per heavy atom. The zero-order valence-electron chi connectivity index (χ0n) is 15.3. The van der Waals surface area contributed by atoms with E-state index in [0.717, 1.165) is 11.3 Å². The van der Waals surface area contributed by atoms with Crippen molar-refractivity contribution in [2.45, 2.75) is 20.0 Å². The van der Waals surface area contributed by atoms with Crippen LogP contribution in [0.2, 0.25) is 10.0 Å². The first-order valence-corrected chi connectivity index (χ1v) is 10.1. The third-order valence-corrected chi connectivity index (χ3v) is 5.78. The molecule has 1 aromatic heterocycles. The lowest BCUT2D eigenvalue weighted by Crippen LogP contribution is -2.24. The van der Waals surface area contributed by atoms with Crippen LogP contribution in [-0.2, 0) is 17.9 Å². The van der Waals surface area contributed by atoms with Gasteiger partial charge in [-0.2, -0.15) is 0 Å². The van der Waals surface area contributed by atoms with Gasteiger partial charge in [0.1, 0.15) is 5.82 Å². The van der Waals surface area contributed by atoms with Gasteiger partial charge in [0.15, 0.2) is 5.13 Å². The first-order chi connectivity index (χ1) is 13.4. The van der Waals surface area contributed by atoms with Gasteiger partial charge in [0, 0.05) is 25.4 Å². The molecular weight excluding hydrogens is 420 g/mol. The number of rotatable bonds is 6. The number of carbonyl (C=O) groups is 1. The van der Waals surface area contributed by atoms with Crippen LogP contribution < -0.4 is 4.90 Å². The number of hydrogen-bond acceptors (Lipinski definition) is 4. The number of anilines is 2. The van der Waals surface area contributed by atoms with Crippen LogP contribution in [0.1, 0.15) is 18.2 Å². The van der Waals surface area contributed by atoms with E-state index in [-0.39, 0.29) is 11.6 Å². The van der Waals surface area contributed by atoms with E-state index in [2.05, 4.69) is 4.98 Å². The standard InChI is InChI=1S/C20H18Cl2FN3OS/c1-13(27)26(18-9-4-3-8-17(18)23)20-24-15(12-28-20)11-25(2)10-14-6-5-7-16(21)19(14)22/h3-9,12H,10-11H2,1-2H3. The van der Waals surface area contributed by atoms with Gasteiger partial charge in [-0.3, -0.25) is 14.6 Å². The predicted molar refractivity (Wildman–Crippen MR) is 113 cm³/mol. The maximum atomic E-state index is 14.2. The minimum Gasteiger partial charge on any atom is -0.296 e. The van der Waals surface area contributed by atoms with Gasteiger partial charge in [-0.15, -0.1) is 11.3 Å². The molecule has 0 saturated heterocycles. The summed E-state index contributed by atoms with van der Waals surface area (Å²) < 4.78 is 14.2. The maximum Gasteiger partial charge on any atom is 0.230 e. The molecular formula is C20H18Cl2FN3OS. The van der Waals surface area contributed by atoms with Crippen molar-refractivity contribution in [2.24, 2.45) is 0 Å². The van der Waals surface area contributed by atoms with Gasteiger partial charge in [-0.25, -0.2) is 9.37 Å². The molecule has 0 saturated carbocycles. The molecule has 8 heteroatoms. The van der Waals surface area contributed by atoms with Crippen LogP contribution in [0.5, 0.6) is 0 Å². The Balaban J connectivity index is 1.76. The van der Waals surface area contributed by atoms with Gasteiger partial charge in [-0.05, 0) is 30.8 Å². The largest absolute Gasteiger partial charge is 0.296 e. The lowest BCUT2D eigenvalue weighted by atomic mass is 10.2. The van der Waals surface area contributed by atoms with E-state index in [0.29, 0.717) is 28.3 Å². The second-order valence-electron chi connectivity index (χ2n) is 6.31. The highest BCUT2D eigenvalue weighted by Crippen LogP contribution is 2.31. The van der Waals surface area contributed by atoms with Gasteiger partial charge in [0.25, 0.3) is 0 Å². The molecule has 0 fully saturated rings. The Labute approximate surface area is 177 Å². The number of hydrogen-bond donors (Lipinski definition) is 0. The number of para-hydroxylation sites is 1. The minimum atomic E-state index is -0.470. The van der Waals surface area contributed by atoms with Crippen molar-refractivity contribution in [3.63, 3.8) is 0 Å². The SMILES string of the molecule is CC(=O)N(c1nc(CN(C)Cc2cccc(Cl)c2Cl)cs1)c1ccccc1F. The van der Waals surface area contributed by atoms with E-state index in [9.17, 15) is 9.18 Å². The van der Waals surface area contributed by atoms with Gasteiger partial charge in [-0.1, -0.05) is 47.5 Å². The lowest BCUT2D eigenvalue weighted by Gasteiger charge is -2.19. The van der Waals surface area contributed by atoms with Crippen LogP contribution in [0.25, 0.3) is 0 Å². The topological polar surface area (TPSA) is 36.4 Å². The Bertz CT molecular complexity index is 995. The molecule has 3 aromatic rings. The first-order valence-electron chi connectivity index (χ1n) is 8.48. The number of nitrogens with zero attached hydrogens (tertiary/aromatic N) is 3. The summed E-state index contributed by atoms with van der Waals surface area (Å²) in [5.74, 6) is -0.771. The van der Waals surface area contributed by atoms with Crippen molar-refractivity contribution >= 4 is 51.3 Å². The summed E-state index contributed by atoms with van der Waals surface area (Å²) in [6, 6.07) is 11.7. The Morgan fingerprint density at radius 1 is 1.14 bits per heavy atom. The van der Waals surface area contributed by atoms with Crippen LogP contribution in [0.3, 0.4) is 0 Å². The second kappa shape index (κ2) is 9.01. The van der Waals surface area contributed by atoms with Crippen LogP contribution in [0.15, 0.2) is 47.8 Å². The maximum absolute atomic E-state index is 14.2. The van der Waals surface area contributed by atoms with Gasteiger partial charge in [0.05, 0.1) is 21.4 Å². The highest BCUT2D eigenvalue weighted by Gasteiger charge is 2.21. The van der Waals surface area contributed by atoms with E-state index >= 15 is 0 Å². The van der Waals surface area contributed by atoms with E-state index in [1.165, 1.54) is 29.2 Å². The second-order valence-corrected chi connectivity index (χ2v) is 7.93. The molecule has 4 nitrogen and oxygen atoms in total. The summed E-state index contributed by atoms with van der Waals surface area (Å²) in [5.41, 5.74) is 1.89. The van der Waals surface area contributed by atoms with Gasteiger partial charge >= 0.3 is 0 Å². The van der Waals surface area contributed by atoms with Crippen molar-refractivity contribution < 1.29 is 9.18 Å². The van der Waals surface area contributed by atoms with Crippen LogP contribution in [0.4, 0.5) is 15.2 Å². The van der Waals surface area contributed by atoms with Crippen molar-refractivity contribution in [1.82, 2.24) is 9.88 Å². The van der Waals surface area contributed by atoms with Gasteiger partial charge in [0.2, 0.25) is 5.91 Å². The molecule has 28 heavy (non-hydrogen) atoms. The number of thiazole rings is 1. The monoisotopic (exact) mass is 437 g/mol. The van der Waals surface area contributed by atoms with E-state index in [1.54, 1.807) is 24.3 Å². The number of carbonyl (C=O) groups excluding carboxylic acids is 1. The molecule has 2 aromatic carbocycles.